The monoisotopic (exact) mass is 356 g/mol. The van der Waals surface area contributed by atoms with Gasteiger partial charge in [0.2, 0.25) is 0 Å². The van der Waals surface area contributed by atoms with Gasteiger partial charge in [-0.3, -0.25) is 4.90 Å². The zero-order valence-electron chi connectivity index (χ0n) is 14.2. The van der Waals surface area contributed by atoms with Crippen molar-refractivity contribution in [3.8, 4) is 22.6 Å². The lowest BCUT2D eigenvalue weighted by Crippen LogP contribution is -2.44. The van der Waals surface area contributed by atoms with Gasteiger partial charge in [-0.25, -0.2) is 8.78 Å². The quantitative estimate of drug-likeness (QED) is 0.781. The summed E-state index contributed by atoms with van der Waals surface area (Å²) < 4.78 is 32.9. The molecule has 0 saturated carbocycles. The van der Waals surface area contributed by atoms with E-state index in [1.54, 1.807) is 24.3 Å². The summed E-state index contributed by atoms with van der Waals surface area (Å²) in [5.41, 5.74) is 1.64. The Kier molecular flexibility index (Phi) is 4.48. The number of hydrogen-bond donors (Lipinski definition) is 1. The molecule has 4 rings (SSSR count). The fourth-order valence-corrected chi connectivity index (χ4v) is 3.08. The minimum absolute atomic E-state index is 0.00259. The zero-order chi connectivity index (χ0) is 18.1. The van der Waals surface area contributed by atoms with E-state index in [9.17, 15) is 8.78 Å². The topological polar surface area (TPSA) is 54.2 Å². The Balaban J connectivity index is 1.61. The molecule has 7 heteroatoms. The van der Waals surface area contributed by atoms with Gasteiger partial charge in [-0.05, 0) is 42.4 Å². The third-order valence-electron chi connectivity index (χ3n) is 4.63. The fraction of sp³-hybridized carbons (Fsp3) is 0.263. The highest BCUT2D eigenvalue weighted by Gasteiger charge is 2.26. The number of rotatable bonds is 3. The largest absolute Gasteiger partial charge is 0.334 e. The molecule has 1 aromatic heterocycles. The Bertz CT molecular complexity index is 910. The Morgan fingerprint density at radius 1 is 1.12 bits per heavy atom. The van der Waals surface area contributed by atoms with Crippen LogP contribution in [0, 0.1) is 11.6 Å². The third kappa shape index (κ3) is 3.23. The van der Waals surface area contributed by atoms with Crippen molar-refractivity contribution in [2.75, 3.05) is 26.7 Å². The van der Waals surface area contributed by atoms with E-state index in [0.717, 1.165) is 25.2 Å². The average molecular weight is 356 g/mol. The van der Waals surface area contributed by atoms with Crippen molar-refractivity contribution in [3.63, 3.8) is 0 Å². The van der Waals surface area contributed by atoms with Gasteiger partial charge in [-0.15, -0.1) is 0 Å². The predicted octanol–water partition coefficient (Wildman–Crippen LogP) is 3.26. The van der Waals surface area contributed by atoms with Gasteiger partial charge in [0.1, 0.15) is 11.6 Å². The summed E-state index contributed by atoms with van der Waals surface area (Å²) in [6, 6.07) is 10.7. The maximum absolute atomic E-state index is 14.6. The fourth-order valence-electron chi connectivity index (χ4n) is 3.08. The summed E-state index contributed by atoms with van der Waals surface area (Å²) in [6.45, 7) is 2.52. The van der Waals surface area contributed by atoms with Crippen LogP contribution in [0.3, 0.4) is 0 Å². The zero-order valence-corrected chi connectivity index (χ0v) is 14.2. The lowest BCUT2D eigenvalue weighted by Gasteiger charge is -2.30. The first-order valence-corrected chi connectivity index (χ1v) is 8.42. The highest BCUT2D eigenvalue weighted by Crippen LogP contribution is 2.28. The second-order valence-electron chi connectivity index (χ2n) is 6.36. The van der Waals surface area contributed by atoms with Crippen molar-refractivity contribution in [2.45, 2.75) is 6.04 Å². The molecule has 26 heavy (non-hydrogen) atoms. The number of likely N-dealkylation sites (N-methyl/N-ethyl adjacent to an activating group) is 1. The van der Waals surface area contributed by atoms with Crippen LogP contribution in [0.25, 0.3) is 22.6 Å². The average Bonchev–Trinajstić information content (AvgIpc) is 3.12. The van der Waals surface area contributed by atoms with Gasteiger partial charge in [0.15, 0.2) is 5.82 Å². The summed E-state index contributed by atoms with van der Waals surface area (Å²) in [5, 5.41) is 7.31. The van der Waals surface area contributed by atoms with Crippen LogP contribution in [-0.4, -0.2) is 41.7 Å². The van der Waals surface area contributed by atoms with Crippen molar-refractivity contribution in [1.82, 2.24) is 20.4 Å². The predicted molar refractivity (Wildman–Crippen MR) is 93.3 cm³/mol. The van der Waals surface area contributed by atoms with Crippen LogP contribution in [0.15, 0.2) is 47.0 Å². The molecule has 1 fully saturated rings. The number of halogens is 2. The van der Waals surface area contributed by atoms with E-state index in [2.05, 4.69) is 20.4 Å². The van der Waals surface area contributed by atoms with E-state index in [1.807, 2.05) is 7.05 Å². The molecule has 1 unspecified atom stereocenters. The smallest absolute Gasteiger partial charge is 0.260 e. The first-order chi connectivity index (χ1) is 12.6. The summed E-state index contributed by atoms with van der Waals surface area (Å²) in [7, 11) is 2.00. The molecule has 1 aliphatic rings. The second-order valence-corrected chi connectivity index (χ2v) is 6.36. The number of nitrogens with zero attached hydrogens (tertiary/aromatic N) is 3. The van der Waals surface area contributed by atoms with Gasteiger partial charge in [0.05, 0.1) is 11.6 Å². The van der Waals surface area contributed by atoms with Crippen molar-refractivity contribution in [1.29, 1.82) is 0 Å². The number of piperazine rings is 1. The van der Waals surface area contributed by atoms with Crippen LogP contribution in [0.1, 0.15) is 11.9 Å². The van der Waals surface area contributed by atoms with Crippen molar-refractivity contribution in [3.05, 3.63) is 59.9 Å². The maximum atomic E-state index is 14.6. The van der Waals surface area contributed by atoms with Crippen LogP contribution < -0.4 is 5.32 Å². The lowest BCUT2D eigenvalue weighted by molar-refractivity contribution is 0.190. The van der Waals surface area contributed by atoms with Crippen molar-refractivity contribution < 1.29 is 13.3 Å². The molecule has 134 valence electrons. The van der Waals surface area contributed by atoms with Crippen molar-refractivity contribution in [2.24, 2.45) is 0 Å². The summed E-state index contributed by atoms with van der Waals surface area (Å²) in [4.78, 5) is 6.52. The van der Waals surface area contributed by atoms with E-state index >= 15 is 0 Å². The minimum atomic E-state index is -0.461. The summed E-state index contributed by atoms with van der Waals surface area (Å²) in [6.07, 6.45) is 0. The number of aromatic nitrogens is 2. The number of nitrogens with one attached hydrogen (secondary N) is 1. The van der Waals surface area contributed by atoms with Gasteiger partial charge >= 0.3 is 0 Å². The second kappa shape index (κ2) is 6.93. The summed E-state index contributed by atoms with van der Waals surface area (Å²) >= 11 is 0. The summed E-state index contributed by atoms with van der Waals surface area (Å²) in [5.74, 6) is -0.0950. The third-order valence-corrected chi connectivity index (χ3v) is 4.63. The Labute approximate surface area is 149 Å². The minimum Gasteiger partial charge on any atom is -0.334 e. The molecule has 1 saturated heterocycles. The molecule has 1 aliphatic heterocycles. The van der Waals surface area contributed by atoms with Gasteiger partial charge in [0.25, 0.3) is 5.89 Å². The highest BCUT2D eigenvalue weighted by molar-refractivity contribution is 5.67. The molecular formula is C19H18F2N4O. The SMILES string of the molecule is CN1CCNCC1c1noc(-c2ccc(-c3ccc(F)cc3)cc2F)n1. The van der Waals surface area contributed by atoms with Gasteiger partial charge in [0, 0.05) is 19.6 Å². The Morgan fingerprint density at radius 2 is 1.88 bits per heavy atom. The van der Waals surface area contributed by atoms with E-state index in [1.165, 1.54) is 18.2 Å². The van der Waals surface area contributed by atoms with Gasteiger partial charge < -0.3 is 9.84 Å². The van der Waals surface area contributed by atoms with E-state index < -0.39 is 5.82 Å². The molecule has 1 atom stereocenters. The first kappa shape index (κ1) is 16.8. The molecule has 0 aliphatic carbocycles. The lowest BCUT2D eigenvalue weighted by atomic mass is 10.0. The van der Waals surface area contributed by atoms with Crippen LogP contribution in [0.2, 0.25) is 0 Å². The first-order valence-electron chi connectivity index (χ1n) is 8.42. The van der Waals surface area contributed by atoms with E-state index in [-0.39, 0.29) is 23.3 Å². The highest BCUT2D eigenvalue weighted by atomic mass is 19.1. The standard InChI is InChI=1S/C19H18F2N4O/c1-25-9-8-22-11-17(25)18-23-19(26-24-18)15-7-4-13(10-16(15)21)12-2-5-14(20)6-3-12/h2-7,10,17,22H,8-9,11H2,1H3. The molecule has 0 bridgehead atoms. The Hall–Kier alpha value is -2.64. The van der Waals surface area contributed by atoms with E-state index in [0.29, 0.717) is 11.4 Å². The van der Waals surface area contributed by atoms with Gasteiger partial charge in [-0.2, -0.15) is 4.98 Å². The number of hydrogen-bond acceptors (Lipinski definition) is 5. The van der Waals surface area contributed by atoms with Crippen LogP contribution in [0.4, 0.5) is 8.78 Å². The van der Waals surface area contributed by atoms with Crippen LogP contribution in [0.5, 0.6) is 0 Å². The molecule has 0 spiro atoms. The Morgan fingerprint density at radius 3 is 2.62 bits per heavy atom. The normalized spacial score (nSPS) is 18.2. The molecular weight excluding hydrogens is 338 g/mol. The molecule has 1 N–H and O–H groups in total. The van der Waals surface area contributed by atoms with Crippen molar-refractivity contribution >= 4 is 0 Å². The van der Waals surface area contributed by atoms with E-state index in [4.69, 9.17) is 4.52 Å². The van der Waals surface area contributed by atoms with Gasteiger partial charge in [-0.1, -0.05) is 23.4 Å². The molecule has 2 aromatic carbocycles. The molecule has 3 aromatic rings. The van der Waals surface area contributed by atoms with Crippen LogP contribution >= 0.6 is 0 Å². The maximum Gasteiger partial charge on any atom is 0.260 e. The van der Waals surface area contributed by atoms with Crippen LogP contribution in [-0.2, 0) is 0 Å². The molecule has 2 heterocycles. The molecule has 0 amide bonds. The molecule has 5 nitrogen and oxygen atoms in total. The number of benzene rings is 2. The molecule has 0 radical (unpaired) electrons.